The molecule has 0 saturated heterocycles. The smallest absolute Gasteiger partial charge is 0.258 e. The second-order valence-corrected chi connectivity index (χ2v) is 6.48. The molecule has 1 aromatic heterocycles. The van der Waals surface area contributed by atoms with Crippen molar-refractivity contribution in [2.75, 3.05) is 27.7 Å². The molecule has 1 aromatic rings. The van der Waals surface area contributed by atoms with Crippen LogP contribution in [-0.4, -0.2) is 52.0 Å². The summed E-state index contributed by atoms with van der Waals surface area (Å²) >= 11 is 0. The van der Waals surface area contributed by atoms with Crippen molar-refractivity contribution in [1.29, 1.82) is 0 Å². The van der Waals surface area contributed by atoms with Gasteiger partial charge in [0.15, 0.2) is 5.03 Å². The molecule has 0 aromatic carbocycles. The highest BCUT2D eigenvalue weighted by atomic mass is 32.2. The molecule has 1 atom stereocenters. The third kappa shape index (κ3) is 5.23. The van der Waals surface area contributed by atoms with Crippen LogP contribution in [0.5, 0.6) is 0 Å². The number of hydrogen-bond acceptors (Lipinski definition) is 5. The second-order valence-electron chi connectivity index (χ2n) is 4.82. The fourth-order valence-electron chi connectivity index (χ4n) is 1.79. The van der Waals surface area contributed by atoms with E-state index >= 15 is 0 Å². The minimum absolute atomic E-state index is 0.0537. The van der Waals surface area contributed by atoms with Crippen LogP contribution in [0.3, 0.4) is 0 Å². The maximum atomic E-state index is 12.1. The Kier molecular flexibility index (Phi) is 5.86. The van der Waals surface area contributed by atoms with Gasteiger partial charge in [-0.15, -0.1) is 0 Å². The number of nitrogens with one attached hydrogen (secondary N) is 2. The molecule has 0 saturated carbocycles. The van der Waals surface area contributed by atoms with Gasteiger partial charge in [-0.2, -0.15) is 0 Å². The van der Waals surface area contributed by atoms with E-state index in [1.807, 2.05) is 33.0 Å². The van der Waals surface area contributed by atoms with Crippen LogP contribution in [0.2, 0.25) is 0 Å². The molecule has 0 bridgehead atoms. The predicted molar refractivity (Wildman–Crippen MR) is 75.3 cm³/mol. The van der Waals surface area contributed by atoms with Crippen LogP contribution in [0.15, 0.2) is 23.4 Å². The number of sulfonamides is 1. The molecular weight excluding hydrogens is 264 g/mol. The SMILES string of the molecule is CNCc1ccc(S(=O)(=O)NC(C)CN(C)C)nc1. The van der Waals surface area contributed by atoms with Crippen molar-refractivity contribution in [2.45, 2.75) is 24.5 Å². The molecule has 1 heterocycles. The highest BCUT2D eigenvalue weighted by molar-refractivity contribution is 7.89. The zero-order valence-electron chi connectivity index (χ0n) is 11.8. The van der Waals surface area contributed by atoms with E-state index in [0.717, 1.165) is 5.56 Å². The monoisotopic (exact) mass is 286 g/mol. The Morgan fingerprint density at radius 3 is 2.53 bits per heavy atom. The lowest BCUT2D eigenvalue weighted by molar-refractivity contribution is 0.370. The van der Waals surface area contributed by atoms with Crippen LogP contribution in [0.1, 0.15) is 12.5 Å². The van der Waals surface area contributed by atoms with Crippen molar-refractivity contribution in [3.8, 4) is 0 Å². The topological polar surface area (TPSA) is 74.3 Å². The molecule has 0 amide bonds. The molecule has 1 unspecified atom stereocenters. The minimum Gasteiger partial charge on any atom is -0.316 e. The van der Waals surface area contributed by atoms with E-state index in [2.05, 4.69) is 15.0 Å². The predicted octanol–water partition coefficient (Wildman–Crippen LogP) is 0.0294. The lowest BCUT2D eigenvalue weighted by Crippen LogP contribution is -2.39. The fraction of sp³-hybridized carbons (Fsp3) is 0.583. The van der Waals surface area contributed by atoms with Gasteiger partial charge >= 0.3 is 0 Å². The minimum atomic E-state index is -3.55. The summed E-state index contributed by atoms with van der Waals surface area (Å²) in [5, 5.41) is 3.04. The number of rotatable bonds is 7. The zero-order valence-corrected chi connectivity index (χ0v) is 12.7. The largest absolute Gasteiger partial charge is 0.316 e. The van der Waals surface area contributed by atoms with Gasteiger partial charge in [0, 0.05) is 25.3 Å². The number of pyridine rings is 1. The molecule has 0 aliphatic heterocycles. The van der Waals surface area contributed by atoms with Gasteiger partial charge < -0.3 is 10.2 Å². The Hall–Kier alpha value is -1.02. The highest BCUT2D eigenvalue weighted by Gasteiger charge is 2.18. The summed E-state index contributed by atoms with van der Waals surface area (Å²) < 4.78 is 26.8. The molecule has 6 nitrogen and oxygen atoms in total. The van der Waals surface area contributed by atoms with Crippen molar-refractivity contribution < 1.29 is 8.42 Å². The number of nitrogens with zero attached hydrogens (tertiary/aromatic N) is 2. The van der Waals surface area contributed by atoms with Crippen LogP contribution in [0.4, 0.5) is 0 Å². The Labute approximate surface area is 115 Å². The molecule has 7 heteroatoms. The lowest BCUT2D eigenvalue weighted by Gasteiger charge is -2.18. The Morgan fingerprint density at radius 1 is 1.37 bits per heavy atom. The Balaban J connectivity index is 2.76. The first-order valence-corrected chi connectivity index (χ1v) is 7.60. The number of hydrogen-bond donors (Lipinski definition) is 2. The zero-order chi connectivity index (χ0) is 14.5. The third-order valence-electron chi connectivity index (χ3n) is 2.45. The van der Waals surface area contributed by atoms with E-state index in [1.54, 1.807) is 12.3 Å². The quantitative estimate of drug-likeness (QED) is 0.740. The normalized spacial score (nSPS) is 13.7. The summed E-state index contributed by atoms with van der Waals surface area (Å²) in [4.78, 5) is 5.92. The summed E-state index contributed by atoms with van der Waals surface area (Å²) in [6, 6.07) is 3.12. The molecule has 0 spiro atoms. The van der Waals surface area contributed by atoms with Crippen molar-refractivity contribution >= 4 is 10.0 Å². The lowest BCUT2D eigenvalue weighted by atomic mass is 10.3. The summed E-state index contributed by atoms with van der Waals surface area (Å²) in [6.45, 7) is 3.13. The van der Waals surface area contributed by atoms with Crippen LogP contribution in [-0.2, 0) is 16.6 Å². The molecular formula is C12H22N4O2S. The molecule has 0 aliphatic carbocycles. The van der Waals surface area contributed by atoms with Gasteiger partial charge in [-0.25, -0.2) is 18.1 Å². The fourth-order valence-corrected chi connectivity index (χ4v) is 2.95. The summed E-state index contributed by atoms with van der Waals surface area (Å²) in [7, 11) is 2.08. The molecule has 0 aliphatic rings. The van der Waals surface area contributed by atoms with Crippen molar-refractivity contribution in [2.24, 2.45) is 0 Å². The second kappa shape index (κ2) is 6.95. The van der Waals surface area contributed by atoms with Gasteiger partial charge in [0.1, 0.15) is 0 Å². The van der Waals surface area contributed by atoms with Gasteiger partial charge in [-0.05, 0) is 39.7 Å². The van der Waals surface area contributed by atoms with E-state index in [1.165, 1.54) is 6.07 Å². The van der Waals surface area contributed by atoms with Gasteiger partial charge in [-0.3, -0.25) is 0 Å². The van der Waals surface area contributed by atoms with E-state index in [9.17, 15) is 8.42 Å². The average molecular weight is 286 g/mol. The van der Waals surface area contributed by atoms with Crippen LogP contribution < -0.4 is 10.0 Å². The number of aromatic nitrogens is 1. The Bertz CT molecular complexity index is 485. The molecule has 0 radical (unpaired) electrons. The van der Waals surface area contributed by atoms with Crippen LogP contribution in [0, 0.1) is 0 Å². The Morgan fingerprint density at radius 2 is 2.05 bits per heavy atom. The van der Waals surface area contributed by atoms with E-state index in [0.29, 0.717) is 13.1 Å². The number of likely N-dealkylation sites (N-methyl/N-ethyl adjacent to an activating group) is 1. The van der Waals surface area contributed by atoms with Crippen LogP contribution in [0.25, 0.3) is 0 Å². The molecule has 108 valence electrons. The maximum absolute atomic E-state index is 12.1. The maximum Gasteiger partial charge on any atom is 0.258 e. The van der Waals surface area contributed by atoms with Crippen molar-refractivity contribution in [3.63, 3.8) is 0 Å². The van der Waals surface area contributed by atoms with E-state index < -0.39 is 10.0 Å². The van der Waals surface area contributed by atoms with Crippen molar-refractivity contribution in [3.05, 3.63) is 23.9 Å². The summed E-state index contributed by atoms with van der Waals surface area (Å²) in [5.41, 5.74) is 0.947. The highest BCUT2D eigenvalue weighted by Crippen LogP contribution is 2.07. The van der Waals surface area contributed by atoms with E-state index in [4.69, 9.17) is 0 Å². The van der Waals surface area contributed by atoms with E-state index in [-0.39, 0.29) is 11.1 Å². The summed E-state index contributed by atoms with van der Waals surface area (Å²) in [5.74, 6) is 0. The molecule has 0 fully saturated rings. The average Bonchev–Trinajstić information content (AvgIpc) is 2.28. The standard InChI is InChI=1S/C12H22N4O2S/c1-10(9-16(3)4)15-19(17,18)12-6-5-11(7-13-2)8-14-12/h5-6,8,10,13,15H,7,9H2,1-4H3. The first-order chi connectivity index (χ1) is 8.85. The summed E-state index contributed by atoms with van der Waals surface area (Å²) in [6.07, 6.45) is 1.57. The molecule has 1 rings (SSSR count). The van der Waals surface area contributed by atoms with Crippen molar-refractivity contribution in [1.82, 2.24) is 19.9 Å². The van der Waals surface area contributed by atoms with Gasteiger partial charge in [-0.1, -0.05) is 6.07 Å². The van der Waals surface area contributed by atoms with Gasteiger partial charge in [0.25, 0.3) is 10.0 Å². The van der Waals surface area contributed by atoms with Crippen LogP contribution >= 0.6 is 0 Å². The van der Waals surface area contributed by atoms with Gasteiger partial charge in [0.2, 0.25) is 0 Å². The third-order valence-corrected chi connectivity index (χ3v) is 3.95. The molecule has 19 heavy (non-hydrogen) atoms. The first kappa shape index (κ1) is 16.0. The first-order valence-electron chi connectivity index (χ1n) is 6.11. The van der Waals surface area contributed by atoms with Gasteiger partial charge in [0.05, 0.1) is 0 Å². The molecule has 2 N–H and O–H groups in total.